The summed E-state index contributed by atoms with van der Waals surface area (Å²) in [5.74, 6) is 1.92. The Morgan fingerprint density at radius 2 is 2.28 bits per heavy atom. The summed E-state index contributed by atoms with van der Waals surface area (Å²) >= 11 is 0. The second-order valence-corrected chi connectivity index (χ2v) is 4.13. The van der Waals surface area contributed by atoms with Crippen molar-refractivity contribution in [2.24, 2.45) is 0 Å². The first-order valence-corrected chi connectivity index (χ1v) is 5.64. The summed E-state index contributed by atoms with van der Waals surface area (Å²) in [6.45, 7) is 4.19. The molecule has 1 heterocycles. The van der Waals surface area contributed by atoms with Crippen LogP contribution in [0, 0.1) is 11.3 Å². The Morgan fingerprint density at radius 3 is 2.94 bits per heavy atom. The van der Waals surface area contributed by atoms with Gasteiger partial charge >= 0.3 is 0 Å². The number of hydrogen-bond donors (Lipinski definition) is 0. The fraction of sp³-hybridized carbons (Fsp3) is 0.308. The van der Waals surface area contributed by atoms with Gasteiger partial charge in [-0.15, -0.1) is 0 Å². The van der Waals surface area contributed by atoms with Crippen molar-refractivity contribution in [2.45, 2.75) is 26.4 Å². The Hall–Kier alpha value is -2.35. The molecule has 5 heteroatoms. The molecule has 1 aromatic carbocycles. The van der Waals surface area contributed by atoms with E-state index in [2.05, 4.69) is 16.2 Å². The third-order valence-corrected chi connectivity index (χ3v) is 2.31. The van der Waals surface area contributed by atoms with Crippen LogP contribution < -0.4 is 4.74 Å². The van der Waals surface area contributed by atoms with Crippen LogP contribution in [-0.4, -0.2) is 10.1 Å². The molecule has 0 aliphatic carbocycles. The monoisotopic (exact) mass is 243 g/mol. The third kappa shape index (κ3) is 2.86. The van der Waals surface area contributed by atoms with Crippen LogP contribution in [0.1, 0.15) is 37.0 Å². The Balaban J connectivity index is 2.00. The molecule has 0 unspecified atom stereocenters. The molecule has 0 bridgehead atoms. The molecule has 2 aromatic rings. The molecule has 5 nitrogen and oxygen atoms in total. The van der Waals surface area contributed by atoms with E-state index in [1.165, 1.54) is 0 Å². The van der Waals surface area contributed by atoms with Crippen molar-refractivity contribution >= 4 is 0 Å². The quantitative estimate of drug-likeness (QED) is 0.825. The van der Waals surface area contributed by atoms with Crippen molar-refractivity contribution in [3.8, 4) is 11.8 Å². The Bertz CT molecular complexity index is 570. The summed E-state index contributed by atoms with van der Waals surface area (Å²) in [6, 6.07) is 8.99. The summed E-state index contributed by atoms with van der Waals surface area (Å²) in [4.78, 5) is 4.20. The number of rotatable bonds is 4. The molecule has 0 saturated carbocycles. The number of hydrogen-bond acceptors (Lipinski definition) is 5. The molecule has 0 aliphatic heterocycles. The molecule has 2 rings (SSSR count). The lowest BCUT2D eigenvalue weighted by Crippen LogP contribution is -1.98. The second-order valence-electron chi connectivity index (χ2n) is 4.13. The van der Waals surface area contributed by atoms with Crippen LogP contribution in [0.5, 0.6) is 5.75 Å². The van der Waals surface area contributed by atoms with Crippen molar-refractivity contribution in [1.82, 2.24) is 10.1 Å². The Labute approximate surface area is 105 Å². The van der Waals surface area contributed by atoms with Crippen LogP contribution in [0.3, 0.4) is 0 Å². The number of ether oxygens (including phenoxy) is 1. The first-order chi connectivity index (χ1) is 8.69. The number of nitrogens with zero attached hydrogens (tertiary/aromatic N) is 3. The zero-order chi connectivity index (χ0) is 13.0. The lowest BCUT2D eigenvalue weighted by Gasteiger charge is -2.02. The van der Waals surface area contributed by atoms with Gasteiger partial charge in [-0.2, -0.15) is 10.2 Å². The van der Waals surface area contributed by atoms with Gasteiger partial charge in [-0.1, -0.05) is 25.1 Å². The minimum absolute atomic E-state index is 0.202. The highest BCUT2D eigenvalue weighted by Crippen LogP contribution is 2.15. The smallest absolute Gasteiger partial charge is 0.229 e. The van der Waals surface area contributed by atoms with Crippen LogP contribution in [-0.2, 0) is 6.61 Å². The maximum Gasteiger partial charge on any atom is 0.229 e. The fourth-order valence-corrected chi connectivity index (χ4v) is 1.36. The maximum absolute atomic E-state index is 8.77. The fourth-order valence-electron chi connectivity index (χ4n) is 1.36. The molecule has 1 aromatic heterocycles. The van der Waals surface area contributed by atoms with Gasteiger partial charge in [0.05, 0.1) is 11.6 Å². The van der Waals surface area contributed by atoms with Gasteiger partial charge in [0.25, 0.3) is 0 Å². The van der Waals surface area contributed by atoms with Gasteiger partial charge in [0.15, 0.2) is 6.61 Å². The molecule has 0 fully saturated rings. The van der Waals surface area contributed by atoms with Gasteiger partial charge < -0.3 is 9.26 Å². The van der Waals surface area contributed by atoms with E-state index in [1.807, 2.05) is 13.8 Å². The average Bonchev–Trinajstić information content (AvgIpc) is 2.85. The third-order valence-electron chi connectivity index (χ3n) is 2.31. The van der Waals surface area contributed by atoms with Crippen LogP contribution in [0.4, 0.5) is 0 Å². The summed E-state index contributed by atoms with van der Waals surface area (Å²) in [7, 11) is 0. The standard InChI is InChI=1S/C13H13N3O2/c1-9(2)13-15-12(16-18-13)8-17-11-5-3-4-10(6-11)7-14/h3-6,9H,8H2,1-2H3. The lowest BCUT2D eigenvalue weighted by atomic mass is 10.2. The van der Waals surface area contributed by atoms with Crippen molar-refractivity contribution in [1.29, 1.82) is 5.26 Å². The highest BCUT2D eigenvalue weighted by atomic mass is 16.5. The van der Waals surface area contributed by atoms with Crippen LogP contribution in [0.25, 0.3) is 0 Å². The van der Waals surface area contributed by atoms with E-state index in [0.717, 1.165) is 0 Å². The van der Waals surface area contributed by atoms with E-state index in [0.29, 0.717) is 23.0 Å². The number of benzene rings is 1. The highest BCUT2D eigenvalue weighted by molar-refractivity contribution is 5.36. The lowest BCUT2D eigenvalue weighted by molar-refractivity contribution is 0.284. The van der Waals surface area contributed by atoms with E-state index >= 15 is 0 Å². The summed E-state index contributed by atoms with van der Waals surface area (Å²) in [5, 5.41) is 12.6. The van der Waals surface area contributed by atoms with E-state index in [4.69, 9.17) is 14.5 Å². The van der Waals surface area contributed by atoms with Gasteiger partial charge in [-0.3, -0.25) is 0 Å². The molecule has 0 radical (unpaired) electrons. The zero-order valence-corrected chi connectivity index (χ0v) is 10.3. The molecule has 0 amide bonds. The summed E-state index contributed by atoms with van der Waals surface area (Å²) in [5.41, 5.74) is 0.559. The van der Waals surface area contributed by atoms with Gasteiger partial charge in [0.1, 0.15) is 5.75 Å². The molecule has 0 spiro atoms. The topological polar surface area (TPSA) is 71.9 Å². The van der Waals surface area contributed by atoms with Gasteiger partial charge in [-0.05, 0) is 18.2 Å². The van der Waals surface area contributed by atoms with Crippen molar-refractivity contribution in [3.63, 3.8) is 0 Å². The van der Waals surface area contributed by atoms with Gasteiger partial charge in [0.2, 0.25) is 11.7 Å². The predicted molar refractivity (Wildman–Crippen MR) is 63.9 cm³/mol. The van der Waals surface area contributed by atoms with Gasteiger partial charge in [0, 0.05) is 5.92 Å². The normalized spacial score (nSPS) is 10.3. The molecule has 0 atom stereocenters. The van der Waals surface area contributed by atoms with Gasteiger partial charge in [-0.25, -0.2) is 0 Å². The minimum atomic E-state index is 0.202. The second kappa shape index (κ2) is 5.32. The minimum Gasteiger partial charge on any atom is -0.485 e. The summed E-state index contributed by atoms with van der Waals surface area (Å²) < 4.78 is 10.6. The molecular formula is C13H13N3O2. The first kappa shape index (κ1) is 12.1. The molecule has 0 aliphatic rings. The predicted octanol–water partition coefficient (Wildman–Crippen LogP) is 2.64. The van der Waals surface area contributed by atoms with Crippen molar-refractivity contribution in [3.05, 3.63) is 41.5 Å². The molecule has 0 saturated heterocycles. The Kier molecular flexibility index (Phi) is 3.58. The highest BCUT2D eigenvalue weighted by Gasteiger charge is 2.10. The molecule has 18 heavy (non-hydrogen) atoms. The zero-order valence-electron chi connectivity index (χ0n) is 10.3. The SMILES string of the molecule is CC(C)c1nc(COc2cccc(C#N)c2)no1. The summed E-state index contributed by atoms with van der Waals surface area (Å²) in [6.07, 6.45) is 0. The molecular weight excluding hydrogens is 230 g/mol. The van der Waals surface area contributed by atoms with E-state index < -0.39 is 0 Å². The first-order valence-electron chi connectivity index (χ1n) is 5.64. The molecule has 92 valence electrons. The van der Waals surface area contributed by atoms with E-state index in [-0.39, 0.29) is 12.5 Å². The van der Waals surface area contributed by atoms with E-state index in [9.17, 15) is 0 Å². The molecule has 0 N–H and O–H groups in total. The van der Waals surface area contributed by atoms with Crippen LogP contribution in [0.2, 0.25) is 0 Å². The maximum atomic E-state index is 8.77. The largest absolute Gasteiger partial charge is 0.485 e. The average molecular weight is 243 g/mol. The number of nitriles is 1. The van der Waals surface area contributed by atoms with Crippen molar-refractivity contribution in [2.75, 3.05) is 0 Å². The van der Waals surface area contributed by atoms with E-state index in [1.54, 1.807) is 24.3 Å². The number of aromatic nitrogens is 2. The van der Waals surface area contributed by atoms with Crippen LogP contribution >= 0.6 is 0 Å². The Morgan fingerprint density at radius 1 is 1.44 bits per heavy atom. The van der Waals surface area contributed by atoms with Crippen molar-refractivity contribution < 1.29 is 9.26 Å². The van der Waals surface area contributed by atoms with Crippen LogP contribution in [0.15, 0.2) is 28.8 Å².